The number of carbonyl (C=O) groups is 1. The van der Waals surface area contributed by atoms with Gasteiger partial charge in [-0.2, -0.15) is 0 Å². The molecule has 0 saturated carbocycles. The van der Waals surface area contributed by atoms with Gasteiger partial charge in [-0.25, -0.2) is 4.79 Å². The zero-order valence-corrected chi connectivity index (χ0v) is 15.5. The highest BCUT2D eigenvalue weighted by molar-refractivity contribution is 7.99. The molecule has 1 aromatic heterocycles. The third kappa shape index (κ3) is 5.42. The van der Waals surface area contributed by atoms with Crippen molar-refractivity contribution in [1.29, 1.82) is 0 Å². The molecule has 0 aliphatic rings. The maximum atomic E-state index is 11.8. The number of hydrogen-bond acceptors (Lipinski definition) is 4. The predicted molar refractivity (Wildman–Crippen MR) is 100.0 cm³/mol. The van der Waals surface area contributed by atoms with E-state index in [9.17, 15) is 4.79 Å². The van der Waals surface area contributed by atoms with Crippen LogP contribution in [0.5, 0.6) is 0 Å². The van der Waals surface area contributed by atoms with Gasteiger partial charge in [0, 0.05) is 32.1 Å². The second kappa shape index (κ2) is 8.59. The fourth-order valence-corrected chi connectivity index (χ4v) is 4.13. The van der Waals surface area contributed by atoms with Gasteiger partial charge in [-0.1, -0.05) is 23.4 Å². The van der Waals surface area contributed by atoms with Gasteiger partial charge < -0.3 is 10.6 Å². The summed E-state index contributed by atoms with van der Waals surface area (Å²) in [5, 5.41) is 4.72. The van der Waals surface area contributed by atoms with E-state index in [0.717, 1.165) is 28.4 Å². The van der Waals surface area contributed by atoms with E-state index in [4.69, 9.17) is 17.3 Å². The minimum atomic E-state index is -0.417. The molecule has 23 heavy (non-hydrogen) atoms. The number of hydrogen-bond donors (Lipinski definition) is 1. The average Bonchev–Trinajstić information content (AvgIpc) is 2.93. The van der Waals surface area contributed by atoms with Crippen molar-refractivity contribution in [3.05, 3.63) is 40.0 Å². The maximum Gasteiger partial charge on any atom is 0.319 e. The van der Waals surface area contributed by atoms with Crippen LogP contribution in [0.1, 0.15) is 6.42 Å². The van der Waals surface area contributed by atoms with Crippen molar-refractivity contribution in [3.8, 4) is 0 Å². The topological polar surface area (TPSA) is 49.6 Å². The Morgan fingerprint density at radius 1 is 1.22 bits per heavy atom. The van der Waals surface area contributed by atoms with Gasteiger partial charge >= 0.3 is 6.03 Å². The van der Waals surface area contributed by atoms with Crippen LogP contribution in [-0.2, 0) is 0 Å². The van der Waals surface area contributed by atoms with Crippen molar-refractivity contribution in [2.24, 2.45) is 5.73 Å². The standard InChI is InChI=1S/C16H20ClN3OS2/c1-19(2)8-3-9-20(16(18)21)14-10-22-11-15(14)23-13-6-4-12(17)5-7-13/h4-7,10-11H,3,8-9H2,1-2H3,(H2,18,21). The van der Waals surface area contributed by atoms with Crippen molar-refractivity contribution in [2.45, 2.75) is 16.2 Å². The molecule has 7 heteroatoms. The fourth-order valence-electron chi connectivity index (χ4n) is 2.08. The summed E-state index contributed by atoms with van der Waals surface area (Å²) in [6.45, 7) is 1.52. The number of thiophene rings is 1. The smallest absolute Gasteiger partial charge is 0.319 e. The van der Waals surface area contributed by atoms with Gasteiger partial charge in [-0.3, -0.25) is 4.90 Å². The summed E-state index contributed by atoms with van der Waals surface area (Å²) in [4.78, 5) is 17.7. The van der Waals surface area contributed by atoms with E-state index in [2.05, 4.69) is 4.90 Å². The quantitative estimate of drug-likeness (QED) is 0.787. The number of amides is 2. The minimum absolute atomic E-state index is 0.417. The van der Waals surface area contributed by atoms with E-state index in [1.807, 2.05) is 49.1 Å². The molecular formula is C16H20ClN3OS2. The van der Waals surface area contributed by atoms with Gasteiger partial charge in [0.15, 0.2) is 0 Å². The molecule has 0 fully saturated rings. The molecule has 4 nitrogen and oxygen atoms in total. The molecule has 0 unspecified atom stereocenters. The van der Waals surface area contributed by atoms with Crippen LogP contribution in [0.3, 0.4) is 0 Å². The van der Waals surface area contributed by atoms with Crippen molar-refractivity contribution in [2.75, 3.05) is 32.1 Å². The van der Waals surface area contributed by atoms with Gasteiger partial charge in [0.1, 0.15) is 0 Å². The van der Waals surface area contributed by atoms with Crippen LogP contribution in [0.2, 0.25) is 5.02 Å². The average molecular weight is 370 g/mol. The number of anilines is 1. The summed E-state index contributed by atoms with van der Waals surface area (Å²) in [5.74, 6) is 0. The van der Waals surface area contributed by atoms with Gasteiger partial charge in [0.25, 0.3) is 0 Å². The number of benzene rings is 1. The SMILES string of the molecule is CN(C)CCCN(C(N)=O)c1cscc1Sc1ccc(Cl)cc1. The van der Waals surface area contributed by atoms with E-state index < -0.39 is 6.03 Å². The van der Waals surface area contributed by atoms with Crippen LogP contribution in [-0.4, -0.2) is 38.1 Å². The van der Waals surface area contributed by atoms with Crippen LogP contribution in [0.25, 0.3) is 0 Å². The second-order valence-electron chi connectivity index (χ2n) is 5.32. The number of carbonyl (C=O) groups excluding carboxylic acids is 1. The number of nitrogens with zero attached hydrogens (tertiary/aromatic N) is 2. The van der Waals surface area contributed by atoms with Crippen molar-refractivity contribution < 1.29 is 4.79 Å². The van der Waals surface area contributed by atoms with Crippen LogP contribution in [0, 0.1) is 0 Å². The summed E-state index contributed by atoms with van der Waals surface area (Å²) >= 11 is 9.09. The monoisotopic (exact) mass is 369 g/mol. The number of nitrogens with two attached hydrogens (primary N) is 1. The summed E-state index contributed by atoms with van der Waals surface area (Å²) in [6.07, 6.45) is 0.872. The van der Waals surface area contributed by atoms with Gasteiger partial charge in [-0.05, 0) is 51.3 Å². The predicted octanol–water partition coefficient (Wildman–Crippen LogP) is 4.39. The lowest BCUT2D eigenvalue weighted by Gasteiger charge is -2.21. The fraction of sp³-hybridized carbons (Fsp3) is 0.312. The Labute approximate surface area is 150 Å². The molecule has 0 aliphatic carbocycles. The molecule has 2 N–H and O–H groups in total. The highest BCUT2D eigenvalue weighted by atomic mass is 35.5. The number of urea groups is 1. The summed E-state index contributed by atoms with van der Waals surface area (Å²) in [7, 11) is 4.03. The zero-order chi connectivity index (χ0) is 16.8. The van der Waals surface area contributed by atoms with Crippen LogP contribution in [0.4, 0.5) is 10.5 Å². The number of rotatable bonds is 7. The molecule has 0 spiro atoms. The molecule has 124 valence electrons. The van der Waals surface area contributed by atoms with E-state index >= 15 is 0 Å². The van der Waals surface area contributed by atoms with E-state index in [0.29, 0.717) is 11.6 Å². The molecule has 0 saturated heterocycles. The molecule has 1 heterocycles. The van der Waals surface area contributed by atoms with Crippen LogP contribution < -0.4 is 10.6 Å². The van der Waals surface area contributed by atoms with E-state index in [1.54, 1.807) is 28.0 Å². The largest absolute Gasteiger partial charge is 0.351 e. The van der Waals surface area contributed by atoms with Crippen LogP contribution >= 0.6 is 34.7 Å². The minimum Gasteiger partial charge on any atom is -0.351 e. The van der Waals surface area contributed by atoms with Gasteiger partial charge in [0.05, 0.1) is 5.69 Å². The molecule has 0 bridgehead atoms. The molecule has 0 atom stereocenters. The Morgan fingerprint density at radius 2 is 1.91 bits per heavy atom. The number of primary amides is 1. The Bertz CT molecular complexity index is 643. The van der Waals surface area contributed by atoms with Gasteiger partial charge in [0.2, 0.25) is 0 Å². The maximum absolute atomic E-state index is 11.8. The molecule has 2 aromatic rings. The van der Waals surface area contributed by atoms with Crippen LogP contribution in [0.15, 0.2) is 44.8 Å². The highest BCUT2D eigenvalue weighted by Crippen LogP contribution is 2.38. The zero-order valence-electron chi connectivity index (χ0n) is 13.2. The molecule has 0 radical (unpaired) electrons. The first kappa shape index (κ1) is 18.1. The third-order valence-corrected chi connectivity index (χ3v) is 5.38. The van der Waals surface area contributed by atoms with Crippen molar-refractivity contribution in [3.63, 3.8) is 0 Å². The Balaban J connectivity index is 2.12. The lowest BCUT2D eigenvalue weighted by molar-refractivity contribution is 0.253. The Morgan fingerprint density at radius 3 is 2.52 bits per heavy atom. The van der Waals surface area contributed by atoms with E-state index in [-0.39, 0.29) is 0 Å². The van der Waals surface area contributed by atoms with Crippen molar-refractivity contribution in [1.82, 2.24) is 4.90 Å². The lowest BCUT2D eigenvalue weighted by atomic mass is 10.3. The molecule has 1 aromatic carbocycles. The number of halogens is 1. The highest BCUT2D eigenvalue weighted by Gasteiger charge is 2.17. The summed E-state index contributed by atoms with van der Waals surface area (Å²) in [6, 6.07) is 7.24. The first-order chi connectivity index (χ1) is 11.0. The van der Waals surface area contributed by atoms with E-state index in [1.165, 1.54) is 0 Å². The van der Waals surface area contributed by atoms with Gasteiger partial charge in [-0.15, -0.1) is 11.3 Å². The first-order valence-corrected chi connectivity index (χ1v) is 9.32. The Kier molecular flexibility index (Phi) is 6.77. The molecule has 2 rings (SSSR count). The molecule has 2 amide bonds. The first-order valence-electron chi connectivity index (χ1n) is 7.18. The summed E-state index contributed by atoms with van der Waals surface area (Å²) < 4.78 is 0. The van der Waals surface area contributed by atoms with Crippen molar-refractivity contribution >= 4 is 46.4 Å². The lowest BCUT2D eigenvalue weighted by Crippen LogP contribution is -2.37. The Hall–Kier alpha value is -1.21. The summed E-state index contributed by atoms with van der Waals surface area (Å²) in [5.41, 5.74) is 6.45. The normalized spacial score (nSPS) is 11.0. The molecular weight excluding hydrogens is 350 g/mol. The third-order valence-electron chi connectivity index (χ3n) is 3.19. The molecule has 0 aliphatic heterocycles. The second-order valence-corrected chi connectivity index (χ2v) is 7.62.